The molecule has 0 saturated heterocycles. The minimum atomic E-state index is -0.830. The number of rotatable bonds is 29. The predicted octanol–water partition coefficient (Wildman–Crippen LogP) is 9.17. The molecule has 0 radical (unpaired) electrons. The van der Waals surface area contributed by atoms with Crippen LogP contribution in [-0.2, 0) is 4.79 Å². The Balaban J connectivity index is 3.64. The van der Waals surface area contributed by atoms with Gasteiger partial charge >= 0.3 is 0 Å². The number of carbonyl (C=O) groups excluding carboxylic acids is 1. The van der Waals surface area contributed by atoms with Gasteiger partial charge in [0.2, 0.25) is 5.91 Å². The summed E-state index contributed by atoms with van der Waals surface area (Å²) in [6, 6.07) is -0.613. The summed E-state index contributed by atoms with van der Waals surface area (Å²) in [7, 11) is 0. The Labute approximate surface area is 231 Å². The highest BCUT2D eigenvalue weighted by molar-refractivity contribution is 5.76. The summed E-state index contributed by atoms with van der Waals surface area (Å²) in [5.41, 5.74) is 0. The summed E-state index contributed by atoms with van der Waals surface area (Å²) in [5.74, 6) is -0.0663. The molecule has 0 heterocycles. The molecule has 0 aromatic rings. The molecule has 0 spiro atoms. The summed E-state index contributed by atoms with van der Waals surface area (Å²) < 4.78 is 0. The lowest BCUT2D eigenvalue weighted by molar-refractivity contribution is -0.123. The van der Waals surface area contributed by atoms with Crippen molar-refractivity contribution in [3.8, 4) is 0 Å². The van der Waals surface area contributed by atoms with Crippen molar-refractivity contribution in [1.29, 1.82) is 0 Å². The van der Waals surface area contributed by atoms with E-state index in [1.54, 1.807) is 6.08 Å². The van der Waals surface area contributed by atoms with Crippen LogP contribution < -0.4 is 5.32 Å². The summed E-state index contributed by atoms with van der Waals surface area (Å²) in [6.45, 7) is 4.28. The monoisotopic (exact) mass is 523 g/mol. The van der Waals surface area contributed by atoms with Gasteiger partial charge in [0.25, 0.3) is 0 Å². The van der Waals surface area contributed by atoms with Gasteiger partial charge in [0.05, 0.1) is 18.8 Å². The number of allylic oxidation sites excluding steroid dienone is 1. The van der Waals surface area contributed by atoms with E-state index in [2.05, 4.69) is 19.2 Å². The minimum Gasteiger partial charge on any atom is -0.394 e. The quantitative estimate of drug-likeness (QED) is 0.0676. The van der Waals surface area contributed by atoms with Crippen LogP contribution in [0.1, 0.15) is 174 Å². The fraction of sp³-hybridized carbons (Fsp3) is 0.909. The van der Waals surface area contributed by atoms with Crippen LogP contribution >= 0.6 is 0 Å². The fourth-order valence-electron chi connectivity index (χ4n) is 4.94. The number of aliphatic hydroxyl groups excluding tert-OH is 2. The molecule has 2 atom stereocenters. The largest absolute Gasteiger partial charge is 0.394 e. The van der Waals surface area contributed by atoms with E-state index in [0.717, 1.165) is 25.7 Å². The highest BCUT2D eigenvalue weighted by atomic mass is 16.3. The molecule has 4 nitrogen and oxygen atoms in total. The van der Waals surface area contributed by atoms with Gasteiger partial charge in [-0.05, 0) is 19.3 Å². The van der Waals surface area contributed by atoms with Gasteiger partial charge in [0.15, 0.2) is 0 Å². The first-order chi connectivity index (χ1) is 18.2. The molecule has 0 aromatic heterocycles. The molecular formula is C33H65NO3. The SMILES string of the molecule is CCCCCCCCCCCCCC/C=C/C(O)C(CO)NC(=O)CCCCCCCCCCCCC. The van der Waals surface area contributed by atoms with Crippen LogP contribution in [-0.4, -0.2) is 34.9 Å². The Kier molecular flexibility index (Phi) is 29.0. The van der Waals surface area contributed by atoms with Crippen molar-refractivity contribution in [2.75, 3.05) is 6.61 Å². The van der Waals surface area contributed by atoms with E-state index in [1.807, 2.05) is 6.08 Å². The molecule has 0 aromatic carbocycles. The molecule has 0 aliphatic rings. The van der Waals surface area contributed by atoms with Gasteiger partial charge in [-0.3, -0.25) is 4.79 Å². The molecule has 0 rings (SSSR count). The van der Waals surface area contributed by atoms with Crippen LogP contribution in [0.15, 0.2) is 12.2 Å². The van der Waals surface area contributed by atoms with Crippen molar-refractivity contribution in [1.82, 2.24) is 5.32 Å². The maximum atomic E-state index is 12.2. The van der Waals surface area contributed by atoms with Gasteiger partial charge in [-0.15, -0.1) is 0 Å². The third kappa shape index (κ3) is 26.5. The normalized spacial score (nSPS) is 13.3. The summed E-state index contributed by atoms with van der Waals surface area (Å²) in [6.07, 6.45) is 34.2. The lowest BCUT2D eigenvalue weighted by atomic mass is 10.0. The van der Waals surface area contributed by atoms with Crippen LogP contribution in [0.5, 0.6) is 0 Å². The van der Waals surface area contributed by atoms with Crippen molar-refractivity contribution in [3.63, 3.8) is 0 Å². The lowest BCUT2D eigenvalue weighted by Crippen LogP contribution is -2.45. The van der Waals surface area contributed by atoms with Crippen LogP contribution in [0.2, 0.25) is 0 Å². The van der Waals surface area contributed by atoms with E-state index in [4.69, 9.17) is 0 Å². The van der Waals surface area contributed by atoms with Gasteiger partial charge < -0.3 is 15.5 Å². The molecule has 0 bridgehead atoms. The van der Waals surface area contributed by atoms with E-state index < -0.39 is 12.1 Å². The molecule has 4 heteroatoms. The number of hydrogen-bond acceptors (Lipinski definition) is 3. The van der Waals surface area contributed by atoms with Crippen LogP contribution in [0.4, 0.5) is 0 Å². The standard InChI is InChI=1S/C33H65NO3/c1-3-5-7-9-11-13-15-16-17-19-20-22-24-26-28-32(36)31(30-35)34-33(37)29-27-25-23-21-18-14-12-10-8-6-4-2/h26,28,31-32,35-36H,3-25,27,29-30H2,1-2H3,(H,34,37)/b28-26+. The van der Waals surface area contributed by atoms with Crippen LogP contribution in [0.3, 0.4) is 0 Å². The Morgan fingerprint density at radius 1 is 0.622 bits per heavy atom. The Bertz CT molecular complexity index is 494. The van der Waals surface area contributed by atoms with E-state index in [1.165, 1.54) is 128 Å². The molecule has 37 heavy (non-hydrogen) atoms. The Hall–Kier alpha value is -0.870. The Morgan fingerprint density at radius 3 is 1.41 bits per heavy atom. The second kappa shape index (κ2) is 29.7. The summed E-state index contributed by atoms with van der Waals surface area (Å²) in [4.78, 5) is 12.2. The maximum Gasteiger partial charge on any atom is 0.220 e. The molecule has 2 unspecified atom stereocenters. The average Bonchev–Trinajstić information content (AvgIpc) is 2.90. The molecule has 0 aliphatic carbocycles. The third-order valence-corrected chi connectivity index (χ3v) is 7.52. The minimum absolute atomic E-state index is 0.0663. The zero-order valence-electron chi connectivity index (χ0n) is 25.0. The first-order valence-electron chi connectivity index (χ1n) is 16.4. The van der Waals surface area contributed by atoms with Gasteiger partial charge in [-0.2, -0.15) is 0 Å². The van der Waals surface area contributed by atoms with Gasteiger partial charge in [0.1, 0.15) is 0 Å². The van der Waals surface area contributed by atoms with Crippen molar-refractivity contribution < 1.29 is 15.0 Å². The van der Waals surface area contributed by atoms with Crippen LogP contribution in [0.25, 0.3) is 0 Å². The smallest absolute Gasteiger partial charge is 0.220 e. The number of aliphatic hydroxyl groups is 2. The van der Waals surface area contributed by atoms with E-state index in [-0.39, 0.29) is 12.5 Å². The molecule has 0 fully saturated rings. The first-order valence-corrected chi connectivity index (χ1v) is 16.4. The average molecular weight is 524 g/mol. The topological polar surface area (TPSA) is 69.6 Å². The summed E-state index contributed by atoms with van der Waals surface area (Å²) >= 11 is 0. The molecule has 0 aliphatic heterocycles. The van der Waals surface area contributed by atoms with Crippen LogP contribution in [0, 0.1) is 0 Å². The second-order valence-electron chi connectivity index (χ2n) is 11.2. The molecular weight excluding hydrogens is 458 g/mol. The molecule has 220 valence electrons. The third-order valence-electron chi connectivity index (χ3n) is 7.52. The molecule has 3 N–H and O–H groups in total. The lowest BCUT2D eigenvalue weighted by Gasteiger charge is -2.20. The number of carbonyl (C=O) groups is 1. The van der Waals surface area contributed by atoms with Crippen molar-refractivity contribution in [3.05, 3.63) is 12.2 Å². The fourth-order valence-corrected chi connectivity index (χ4v) is 4.94. The van der Waals surface area contributed by atoms with E-state index >= 15 is 0 Å². The number of hydrogen-bond donors (Lipinski definition) is 3. The highest BCUT2D eigenvalue weighted by Crippen LogP contribution is 2.14. The van der Waals surface area contributed by atoms with Crippen molar-refractivity contribution in [2.45, 2.75) is 187 Å². The zero-order valence-corrected chi connectivity index (χ0v) is 25.0. The maximum absolute atomic E-state index is 12.2. The van der Waals surface area contributed by atoms with E-state index in [9.17, 15) is 15.0 Å². The Morgan fingerprint density at radius 2 is 1.00 bits per heavy atom. The highest BCUT2D eigenvalue weighted by Gasteiger charge is 2.17. The van der Waals surface area contributed by atoms with Crippen molar-refractivity contribution >= 4 is 5.91 Å². The second-order valence-corrected chi connectivity index (χ2v) is 11.2. The zero-order chi connectivity index (χ0) is 27.2. The number of unbranched alkanes of at least 4 members (excludes halogenated alkanes) is 22. The molecule has 0 saturated carbocycles. The summed E-state index contributed by atoms with van der Waals surface area (Å²) in [5, 5.41) is 22.8. The number of amides is 1. The van der Waals surface area contributed by atoms with Crippen molar-refractivity contribution in [2.24, 2.45) is 0 Å². The molecule has 1 amide bonds. The van der Waals surface area contributed by atoms with Gasteiger partial charge in [0, 0.05) is 6.42 Å². The van der Waals surface area contributed by atoms with Gasteiger partial charge in [-0.1, -0.05) is 161 Å². The first kappa shape index (κ1) is 36.1. The number of nitrogens with one attached hydrogen (secondary N) is 1. The predicted molar refractivity (Wildman–Crippen MR) is 161 cm³/mol. The van der Waals surface area contributed by atoms with Gasteiger partial charge in [-0.25, -0.2) is 0 Å². The van der Waals surface area contributed by atoms with E-state index in [0.29, 0.717) is 6.42 Å².